The maximum atomic E-state index is 13.2. The number of nitrogens with one attached hydrogen (secondary N) is 3. The number of aromatic amines is 2. The third kappa shape index (κ3) is 2.05. The molecule has 0 saturated carbocycles. The topological polar surface area (TPSA) is 95.2 Å². The number of fused-ring (bicyclic) bond motifs is 2. The van der Waals surface area contributed by atoms with Gasteiger partial charge in [0.2, 0.25) is 0 Å². The van der Waals surface area contributed by atoms with E-state index in [2.05, 4.69) is 35.2 Å². The summed E-state index contributed by atoms with van der Waals surface area (Å²) in [6, 6.07) is 4.33. The van der Waals surface area contributed by atoms with Gasteiger partial charge in [0.25, 0.3) is 0 Å². The zero-order valence-corrected chi connectivity index (χ0v) is 11.6. The Bertz CT molecular complexity index is 958. The molecule has 22 heavy (non-hydrogen) atoms. The number of anilines is 1. The average Bonchev–Trinajstić information content (AvgIpc) is 3.13. The van der Waals surface area contributed by atoms with Crippen molar-refractivity contribution in [1.82, 2.24) is 29.9 Å². The van der Waals surface area contributed by atoms with Gasteiger partial charge in [0, 0.05) is 0 Å². The summed E-state index contributed by atoms with van der Waals surface area (Å²) in [5.41, 5.74) is 2.71. The van der Waals surface area contributed by atoms with E-state index in [1.54, 1.807) is 12.4 Å². The summed E-state index contributed by atoms with van der Waals surface area (Å²) in [6.07, 6.45) is 3.02. The lowest BCUT2D eigenvalue weighted by Crippen LogP contribution is -2.10. The molecule has 0 amide bonds. The van der Waals surface area contributed by atoms with Crippen molar-refractivity contribution in [1.29, 1.82) is 0 Å². The molecule has 1 atom stereocenters. The summed E-state index contributed by atoms with van der Waals surface area (Å²) >= 11 is 0. The van der Waals surface area contributed by atoms with Crippen LogP contribution in [-0.4, -0.2) is 29.9 Å². The monoisotopic (exact) mass is 297 g/mol. The predicted molar refractivity (Wildman–Crippen MR) is 79.8 cm³/mol. The average molecular weight is 297 g/mol. The zero-order valence-electron chi connectivity index (χ0n) is 11.6. The van der Waals surface area contributed by atoms with Gasteiger partial charge in [0.05, 0.1) is 23.4 Å². The summed E-state index contributed by atoms with van der Waals surface area (Å²) in [7, 11) is 0. The van der Waals surface area contributed by atoms with Gasteiger partial charge in [-0.1, -0.05) is 0 Å². The van der Waals surface area contributed by atoms with Crippen molar-refractivity contribution in [2.45, 2.75) is 13.0 Å². The summed E-state index contributed by atoms with van der Waals surface area (Å²) < 4.78 is 13.2. The van der Waals surface area contributed by atoms with E-state index in [1.165, 1.54) is 18.5 Å². The molecule has 7 nitrogen and oxygen atoms in total. The quantitative estimate of drug-likeness (QED) is 0.540. The third-order valence-corrected chi connectivity index (χ3v) is 3.45. The highest BCUT2D eigenvalue weighted by molar-refractivity contribution is 5.82. The van der Waals surface area contributed by atoms with Crippen LogP contribution in [0.5, 0.6) is 0 Å². The van der Waals surface area contributed by atoms with Crippen LogP contribution in [0.15, 0.2) is 30.9 Å². The van der Waals surface area contributed by atoms with Crippen molar-refractivity contribution in [3.63, 3.8) is 0 Å². The molecule has 0 radical (unpaired) electrons. The van der Waals surface area contributed by atoms with E-state index in [4.69, 9.17) is 0 Å². The molecule has 3 heterocycles. The number of aromatic nitrogens is 6. The molecule has 3 aromatic heterocycles. The first-order chi connectivity index (χ1) is 10.7. The molecule has 3 N–H and O–H groups in total. The van der Waals surface area contributed by atoms with Gasteiger partial charge in [-0.25, -0.2) is 24.3 Å². The van der Waals surface area contributed by atoms with Crippen LogP contribution in [0.1, 0.15) is 18.8 Å². The first kappa shape index (κ1) is 12.7. The molecule has 0 bridgehead atoms. The molecular weight excluding hydrogens is 285 g/mol. The number of halogens is 1. The molecule has 110 valence electrons. The Kier molecular flexibility index (Phi) is 2.75. The maximum Gasteiger partial charge on any atom is 0.182 e. The Morgan fingerprint density at radius 2 is 2.14 bits per heavy atom. The van der Waals surface area contributed by atoms with E-state index < -0.39 is 0 Å². The van der Waals surface area contributed by atoms with Gasteiger partial charge >= 0.3 is 0 Å². The summed E-state index contributed by atoms with van der Waals surface area (Å²) in [5, 5.41) is 3.25. The first-order valence-electron chi connectivity index (χ1n) is 6.76. The Balaban J connectivity index is 1.68. The first-order valence-corrected chi connectivity index (χ1v) is 6.76. The van der Waals surface area contributed by atoms with Crippen molar-refractivity contribution in [2.75, 3.05) is 5.32 Å². The smallest absolute Gasteiger partial charge is 0.182 e. The van der Waals surface area contributed by atoms with Crippen molar-refractivity contribution in [3.8, 4) is 0 Å². The van der Waals surface area contributed by atoms with Gasteiger partial charge in [0.15, 0.2) is 11.5 Å². The Hall–Kier alpha value is -3.03. The second kappa shape index (κ2) is 4.76. The molecule has 1 aromatic carbocycles. The SMILES string of the molecule is C[C@H](Nc1ncnc2nc[nH]c12)c1nc2ccc(F)cc2[nH]1. The normalized spacial score (nSPS) is 12.8. The largest absolute Gasteiger partial charge is 0.359 e. The second-order valence-corrected chi connectivity index (χ2v) is 4.97. The standard InChI is InChI=1S/C14H12FN7/c1-7(12-21-9-3-2-8(15)4-10(9)22-12)20-14-11-13(17-5-16-11)18-6-19-14/h2-7H,1H3,(H,21,22)(H2,16,17,18,19,20)/t7-/m0/s1. The Morgan fingerprint density at radius 3 is 3.05 bits per heavy atom. The Labute approximate surface area is 124 Å². The minimum Gasteiger partial charge on any atom is -0.359 e. The van der Waals surface area contributed by atoms with E-state index in [-0.39, 0.29) is 11.9 Å². The van der Waals surface area contributed by atoms with Crippen LogP contribution in [0.25, 0.3) is 22.2 Å². The highest BCUT2D eigenvalue weighted by atomic mass is 19.1. The van der Waals surface area contributed by atoms with Crippen LogP contribution < -0.4 is 5.32 Å². The van der Waals surface area contributed by atoms with Gasteiger partial charge in [-0.3, -0.25) is 0 Å². The number of H-pyrrole nitrogens is 2. The molecule has 0 unspecified atom stereocenters. The third-order valence-electron chi connectivity index (χ3n) is 3.45. The number of imidazole rings is 2. The fraction of sp³-hybridized carbons (Fsp3) is 0.143. The molecule has 0 spiro atoms. The van der Waals surface area contributed by atoms with Crippen molar-refractivity contribution >= 4 is 28.0 Å². The maximum absolute atomic E-state index is 13.2. The fourth-order valence-electron chi connectivity index (χ4n) is 2.35. The van der Waals surface area contributed by atoms with E-state index in [0.717, 1.165) is 11.0 Å². The molecule has 0 aliphatic rings. The number of nitrogens with zero attached hydrogens (tertiary/aromatic N) is 4. The molecule has 0 aliphatic carbocycles. The van der Waals surface area contributed by atoms with Gasteiger partial charge in [-0.15, -0.1) is 0 Å². The molecule has 4 rings (SSSR count). The van der Waals surface area contributed by atoms with Crippen LogP contribution >= 0.6 is 0 Å². The van der Waals surface area contributed by atoms with E-state index in [1.807, 2.05) is 6.92 Å². The van der Waals surface area contributed by atoms with Crippen molar-refractivity contribution < 1.29 is 4.39 Å². The fourth-order valence-corrected chi connectivity index (χ4v) is 2.35. The summed E-state index contributed by atoms with van der Waals surface area (Å²) in [6.45, 7) is 1.94. The van der Waals surface area contributed by atoms with E-state index >= 15 is 0 Å². The second-order valence-electron chi connectivity index (χ2n) is 4.97. The molecule has 0 saturated heterocycles. The number of rotatable bonds is 3. The van der Waals surface area contributed by atoms with E-state index in [9.17, 15) is 4.39 Å². The highest BCUT2D eigenvalue weighted by Gasteiger charge is 2.14. The van der Waals surface area contributed by atoms with Crippen LogP contribution in [-0.2, 0) is 0 Å². The lowest BCUT2D eigenvalue weighted by Gasteiger charge is -2.12. The van der Waals surface area contributed by atoms with Crippen LogP contribution in [0.3, 0.4) is 0 Å². The summed E-state index contributed by atoms with van der Waals surface area (Å²) in [5.74, 6) is 1.05. The molecular formula is C14H12FN7. The molecule has 4 aromatic rings. The highest BCUT2D eigenvalue weighted by Crippen LogP contribution is 2.22. The lowest BCUT2D eigenvalue weighted by atomic mass is 10.3. The number of hydrogen-bond donors (Lipinski definition) is 3. The van der Waals surface area contributed by atoms with Crippen molar-refractivity contribution in [2.24, 2.45) is 0 Å². The van der Waals surface area contributed by atoms with Gasteiger partial charge in [-0.2, -0.15) is 0 Å². The number of benzene rings is 1. The van der Waals surface area contributed by atoms with Gasteiger partial charge < -0.3 is 15.3 Å². The van der Waals surface area contributed by atoms with Gasteiger partial charge in [0.1, 0.15) is 23.5 Å². The predicted octanol–water partition coefficient (Wildman–Crippen LogP) is 2.54. The van der Waals surface area contributed by atoms with Crippen LogP contribution in [0.2, 0.25) is 0 Å². The molecule has 0 aliphatic heterocycles. The number of hydrogen-bond acceptors (Lipinski definition) is 5. The zero-order chi connectivity index (χ0) is 15.1. The minimum atomic E-state index is -0.293. The lowest BCUT2D eigenvalue weighted by molar-refractivity contribution is 0.629. The van der Waals surface area contributed by atoms with E-state index in [0.29, 0.717) is 22.8 Å². The molecule has 0 fully saturated rings. The molecule has 8 heteroatoms. The minimum absolute atomic E-state index is 0.142. The summed E-state index contributed by atoms with van der Waals surface area (Å²) in [4.78, 5) is 23.0. The van der Waals surface area contributed by atoms with Crippen LogP contribution in [0.4, 0.5) is 10.2 Å². The van der Waals surface area contributed by atoms with Crippen LogP contribution in [0, 0.1) is 5.82 Å². The van der Waals surface area contributed by atoms with Crippen molar-refractivity contribution in [3.05, 3.63) is 42.5 Å². The van der Waals surface area contributed by atoms with Gasteiger partial charge in [-0.05, 0) is 25.1 Å². The Morgan fingerprint density at radius 1 is 1.23 bits per heavy atom.